The van der Waals surface area contributed by atoms with Crippen molar-refractivity contribution in [3.63, 3.8) is 0 Å². The second-order valence-electron chi connectivity index (χ2n) is 3.72. The predicted octanol–water partition coefficient (Wildman–Crippen LogP) is 4.68. The number of rotatable bonds is 2. The molecule has 3 N–H and O–H groups in total. The molecule has 0 bridgehead atoms. The zero-order valence-corrected chi connectivity index (χ0v) is 11.7. The van der Waals surface area contributed by atoms with Gasteiger partial charge in [0.1, 0.15) is 5.82 Å². The van der Waals surface area contributed by atoms with Crippen molar-refractivity contribution in [1.29, 1.82) is 0 Å². The summed E-state index contributed by atoms with van der Waals surface area (Å²) in [6.45, 7) is 1.90. The van der Waals surface area contributed by atoms with Crippen molar-refractivity contribution < 1.29 is 0 Å². The van der Waals surface area contributed by atoms with Crippen molar-refractivity contribution in [2.75, 3.05) is 11.1 Å². The van der Waals surface area contributed by atoms with E-state index in [1.165, 1.54) is 0 Å². The molecule has 0 atom stereocenters. The van der Waals surface area contributed by atoms with E-state index in [0.717, 1.165) is 11.3 Å². The van der Waals surface area contributed by atoms with Gasteiger partial charge in [-0.3, -0.25) is 0 Å². The minimum absolute atomic E-state index is 0.225. The van der Waals surface area contributed by atoms with E-state index in [9.17, 15) is 0 Å². The molecule has 1 heterocycles. The molecule has 1 aromatic carbocycles. The van der Waals surface area contributed by atoms with Crippen LogP contribution in [0.1, 0.15) is 5.56 Å². The van der Waals surface area contributed by atoms with Gasteiger partial charge >= 0.3 is 0 Å². The monoisotopic (exact) mass is 301 g/mol. The first kappa shape index (κ1) is 13.3. The molecule has 0 saturated carbocycles. The lowest BCUT2D eigenvalue weighted by Gasteiger charge is -2.12. The molecule has 6 heteroatoms. The van der Waals surface area contributed by atoms with Crippen molar-refractivity contribution in [1.82, 2.24) is 4.98 Å². The first-order valence-corrected chi connectivity index (χ1v) is 6.26. The molecule has 0 fully saturated rings. The molecular formula is C12H10Cl3N3. The Morgan fingerprint density at radius 2 is 1.83 bits per heavy atom. The van der Waals surface area contributed by atoms with Crippen molar-refractivity contribution >= 4 is 52.1 Å². The minimum atomic E-state index is 0.225. The van der Waals surface area contributed by atoms with Crippen LogP contribution >= 0.6 is 34.8 Å². The van der Waals surface area contributed by atoms with Gasteiger partial charge in [-0.05, 0) is 30.7 Å². The highest BCUT2D eigenvalue weighted by molar-refractivity contribution is 6.37. The summed E-state index contributed by atoms with van der Waals surface area (Å²) in [4.78, 5) is 4.10. The van der Waals surface area contributed by atoms with E-state index < -0.39 is 0 Å². The van der Waals surface area contributed by atoms with E-state index in [1.807, 2.05) is 25.1 Å². The molecule has 0 spiro atoms. The van der Waals surface area contributed by atoms with Gasteiger partial charge in [0, 0.05) is 10.7 Å². The van der Waals surface area contributed by atoms with E-state index in [1.54, 1.807) is 6.07 Å². The van der Waals surface area contributed by atoms with Crippen LogP contribution in [0.25, 0.3) is 0 Å². The molecule has 18 heavy (non-hydrogen) atoms. The Balaban J connectivity index is 2.40. The fraction of sp³-hybridized carbons (Fsp3) is 0.0833. The van der Waals surface area contributed by atoms with Crippen LogP contribution in [0.3, 0.4) is 0 Å². The van der Waals surface area contributed by atoms with Gasteiger partial charge in [-0.15, -0.1) is 0 Å². The van der Waals surface area contributed by atoms with Crippen LogP contribution < -0.4 is 11.1 Å². The van der Waals surface area contributed by atoms with E-state index in [4.69, 9.17) is 40.5 Å². The molecule has 0 radical (unpaired) electrons. The standard InChI is InChI=1S/C12H10Cl3N3/c1-6-7(13)3-2-4-10(6)17-12-9(15)5-8(14)11(16)18-12/h2-5H,1H3,(H3,16,17,18). The summed E-state index contributed by atoms with van der Waals surface area (Å²) in [5.74, 6) is 0.673. The maximum Gasteiger partial charge on any atom is 0.151 e. The second kappa shape index (κ2) is 5.22. The number of nitrogens with zero attached hydrogens (tertiary/aromatic N) is 1. The third kappa shape index (κ3) is 2.64. The van der Waals surface area contributed by atoms with Gasteiger partial charge in [0.15, 0.2) is 5.82 Å². The number of nitrogens with two attached hydrogens (primary N) is 1. The highest BCUT2D eigenvalue weighted by Crippen LogP contribution is 2.31. The van der Waals surface area contributed by atoms with Gasteiger partial charge in [0.25, 0.3) is 0 Å². The Labute approximate surface area is 120 Å². The van der Waals surface area contributed by atoms with E-state index in [-0.39, 0.29) is 5.82 Å². The van der Waals surface area contributed by atoms with Gasteiger partial charge in [-0.1, -0.05) is 40.9 Å². The number of aromatic nitrogens is 1. The van der Waals surface area contributed by atoms with Crippen LogP contribution in [-0.2, 0) is 0 Å². The summed E-state index contributed by atoms with van der Waals surface area (Å²) in [6.07, 6.45) is 0. The Bertz CT molecular complexity index is 599. The Hall–Kier alpha value is -1.16. The van der Waals surface area contributed by atoms with Crippen LogP contribution in [0.15, 0.2) is 24.3 Å². The first-order valence-electron chi connectivity index (χ1n) is 5.12. The summed E-state index contributed by atoms with van der Waals surface area (Å²) < 4.78 is 0. The maximum absolute atomic E-state index is 6.05. The largest absolute Gasteiger partial charge is 0.382 e. The topological polar surface area (TPSA) is 50.9 Å². The Kier molecular flexibility index (Phi) is 3.85. The SMILES string of the molecule is Cc1c(Cl)cccc1Nc1nc(N)c(Cl)cc1Cl. The number of nitrogen functional groups attached to an aromatic ring is 1. The zero-order valence-electron chi connectivity index (χ0n) is 9.47. The fourth-order valence-electron chi connectivity index (χ4n) is 1.44. The molecular weight excluding hydrogens is 293 g/mol. The van der Waals surface area contributed by atoms with Gasteiger partial charge in [0.05, 0.1) is 10.0 Å². The second-order valence-corrected chi connectivity index (χ2v) is 4.94. The summed E-state index contributed by atoms with van der Waals surface area (Å²) in [5, 5.41) is 4.47. The molecule has 3 nitrogen and oxygen atoms in total. The zero-order chi connectivity index (χ0) is 13.3. The summed E-state index contributed by atoms with van der Waals surface area (Å²) in [5.41, 5.74) is 7.37. The van der Waals surface area contributed by atoms with Crippen LogP contribution in [0, 0.1) is 6.92 Å². The first-order chi connectivity index (χ1) is 8.49. The van der Waals surface area contributed by atoms with Crippen LogP contribution in [-0.4, -0.2) is 4.98 Å². The van der Waals surface area contributed by atoms with Crippen LogP contribution in [0.2, 0.25) is 15.1 Å². The third-order valence-corrected chi connectivity index (χ3v) is 3.48. The maximum atomic E-state index is 6.05. The summed E-state index contributed by atoms with van der Waals surface area (Å²) in [6, 6.07) is 7.08. The average molecular weight is 303 g/mol. The van der Waals surface area contributed by atoms with Crippen molar-refractivity contribution in [3.05, 3.63) is 44.9 Å². The molecule has 94 valence electrons. The molecule has 2 aromatic rings. The van der Waals surface area contributed by atoms with Gasteiger partial charge in [-0.2, -0.15) is 0 Å². The smallest absolute Gasteiger partial charge is 0.151 e. The number of anilines is 3. The number of halogens is 3. The number of benzene rings is 1. The van der Waals surface area contributed by atoms with Crippen molar-refractivity contribution in [2.24, 2.45) is 0 Å². The number of pyridine rings is 1. The molecule has 0 aliphatic heterocycles. The molecule has 0 aliphatic rings. The number of nitrogens with one attached hydrogen (secondary N) is 1. The predicted molar refractivity (Wildman–Crippen MR) is 78.1 cm³/mol. The fourth-order valence-corrected chi connectivity index (χ4v) is 2.02. The molecule has 0 amide bonds. The molecule has 0 saturated heterocycles. The average Bonchev–Trinajstić information content (AvgIpc) is 2.32. The van der Waals surface area contributed by atoms with E-state index in [2.05, 4.69) is 10.3 Å². The van der Waals surface area contributed by atoms with E-state index >= 15 is 0 Å². The summed E-state index contributed by atoms with van der Waals surface area (Å²) >= 11 is 17.9. The molecule has 2 rings (SSSR count). The lowest BCUT2D eigenvalue weighted by molar-refractivity contribution is 1.30. The van der Waals surface area contributed by atoms with Gasteiger partial charge in [-0.25, -0.2) is 4.98 Å². The third-order valence-electron chi connectivity index (χ3n) is 2.48. The lowest BCUT2D eigenvalue weighted by Crippen LogP contribution is -2.00. The number of hydrogen-bond acceptors (Lipinski definition) is 3. The normalized spacial score (nSPS) is 10.4. The molecule has 1 aromatic heterocycles. The molecule has 0 aliphatic carbocycles. The molecule has 0 unspecified atom stereocenters. The van der Waals surface area contributed by atoms with Gasteiger partial charge in [0.2, 0.25) is 0 Å². The van der Waals surface area contributed by atoms with Gasteiger partial charge < -0.3 is 11.1 Å². The summed E-state index contributed by atoms with van der Waals surface area (Å²) in [7, 11) is 0. The van der Waals surface area contributed by atoms with Crippen molar-refractivity contribution in [2.45, 2.75) is 6.92 Å². The number of hydrogen-bond donors (Lipinski definition) is 2. The lowest BCUT2D eigenvalue weighted by atomic mass is 10.2. The Morgan fingerprint density at radius 3 is 2.56 bits per heavy atom. The Morgan fingerprint density at radius 1 is 1.11 bits per heavy atom. The minimum Gasteiger partial charge on any atom is -0.382 e. The van der Waals surface area contributed by atoms with Crippen LogP contribution in [0.4, 0.5) is 17.3 Å². The highest BCUT2D eigenvalue weighted by atomic mass is 35.5. The quantitative estimate of drug-likeness (QED) is 0.847. The van der Waals surface area contributed by atoms with Crippen molar-refractivity contribution in [3.8, 4) is 0 Å². The van der Waals surface area contributed by atoms with Crippen LogP contribution in [0.5, 0.6) is 0 Å². The van der Waals surface area contributed by atoms with E-state index in [0.29, 0.717) is 20.9 Å². The highest BCUT2D eigenvalue weighted by Gasteiger charge is 2.09.